The predicted octanol–water partition coefficient (Wildman–Crippen LogP) is 1.69. The van der Waals surface area contributed by atoms with Crippen LogP contribution in [-0.2, 0) is 0 Å². The van der Waals surface area contributed by atoms with E-state index in [2.05, 4.69) is 5.32 Å². The van der Waals surface area contributed by atoms with Crippen LogP contribution >= 0.6 is 0 Å². The van der Waals surface area contributed by atoms with Gasteiger partial charge in [-0.15, -0.1) is 0 Å². The number of rotatable bonds is 2. The number of carboxylic acid groups (broad SMARTS) is 1. The zero-order valence-corrected chi connectivity index (χ0v) is 9.51. The number of anilines is 1. The predicted molar refractivity (Wildman–Crippen MR) is 63.4 cm³/mol. The fourth-order valence-electron chi connectivity index (χ4n) is 2.01. The third kappa shape index (κ3) is 2.08. The normalized spacial score (nSPS) is 19.9. The van der Waals surface area contributed by atoms with Gasteiger partial charge in [0.2, 0.25) is 0 Å². The molecule has 5 heteroatoms. The van der Waals surface area contributed by atoms with E-state index >= 15 is 0 Å². The summed E-state index contributed by atoms with van der Waals surface area (Å²) in [5.41, 5.74) is 0.598. The smallest absolute Gasteiger partial charge is 0.337 e. The van der Waals surface area contributed by atoms with Gasteiger partial charge in [0.25, 0.3) is 0 Å². The number of urea groups is 1. The summed E-state index contributed by atoms with van der Waals surface area (Å²) in [6.45, 7) is 2.54. The summed E-state index contributed by atoms with van der Waals surface area (Å²) < 4.78 is 0. The van der Waals surface area contributed by atoms with Crippen molar-refractivity contribution in [3.05, 3.63) is 29.8 Å². The Balaban J connectivity index is 2.44. The number of aromatic carboxylic acids is 1. The summed E-state index contributed by atoms with van der Waals surface area (Å²) >= 11 is 0. The van der Waals surface area contributed by atoms with Gasteiger partial charge in [0, 0.05) is 12.6 Å². The number of hydrogen-bond acceptors (Lipinski definition) is 2. The summed E-state index contributed by atoms with van der Waals surface area (Å²) in [7, 11) is 0. The summed E-state index contributed by atoms with van der Waals surface area (Å²) in [6, 6.07) is 6.31. The van der Waals surface area contributed by atoms with E-state index in [1.165, 1.54) is 11.0 Å². The highest BCUT2D eigenvalue weighted by Gasteiger charge is 2.28. The molecule has 1 saturated heterocycles. The van der Waals surface area contributed by atoms with E-state index in [0.29, 0.717) is 12.2 Å². The Kier molecular flexibility index (Phi) is 2.99. The molecule has 90 valence electrons. The molecule has 1 fully saturated rings. The van der Waals surface area contributed by atoms with Crippen LogP contribution in [0.3, 0.4) is 0 Å². The van der Waals surface area contributed by atoms with Gasteiger partial charge >= 0.3 is 12.0 Å². The minimum atomic E-state index is -1.02. The van der Waals surface area contributed by atoms with Gasteiger partial charge in [-0.3, -0.25) is 4.90 Å². The first-order valence-corrected chi connectivity index (χ1v) is 5.50. The molecule has 1 aliphatic heterocycles. The van der Waals surface area contributed by atoms with Crippen molar-refractivity contribution in [1.29, 1.82) is 0 Å². The molecular formula is C12H14N2O3. The van der Waals surface area contributed by atoms with Crippen LogP contribution in [-0.4, -0.2) is 29.7 Å². The number of nitrogens with zero attached hydrogens (tertiary/aromatic N) is 1. The van der Waals surface area contributed by atoms with Crippen molar-refractivity contribution in [2.75, 3.05) is 11.4 Å². The number of carboxylic acids is 1. The highest BCUT2D eigenvalue weighted by Crippen LogP contribution is 2.25. The Morgan fingerprint density at radius 3 is 2.82 bits per heavy atom. The quantitative estimate of drug-likeness (QED) is 0.818. The molecule has 0 spiro atoms. The number of benzene rings is 1. The second kappa shape index (κ2) is 4.45. The zero-order chi connectivity index (χ0) is 12.4. The number of para-hydroxylation sites is 1. The van der Waals surface area contributed by atoms with Gasteiger partial charge in [-0.2, -0.15) is 0 Å². The Morgan fingerprint density at radius 1 is 1.47 bits per heavy atom. The molecule has 17 heavy (non-hydrogen) atoms. The molecule has 1 aliphatic rings. The van der Waals surface area contributed by atoms with Gasteiger partial charge < -0.3 is 10.4 Å². The summed E-state index contributed by atoms with van der Waals surface area (Å²) in [4.78, 5) is 24.4. The number of nitrogens with one attached hydrogen (secondary N) is 1. The molecule has 0 aliphatic carbocycles. The molecule has 1 unspecified atom stereocenters. The van der Waals surface area contributed by atoms with Crippen LogP contribution in [0.25, 0.3) is 0 Å². The Morgan fingerprint density at radius 2 is 2.18 bits per heavy atom. The van der Waals surface area contributed by atoms with Crippen molar-refractivity contribution in [2.24, 2.45) is 0 Å². The summed E-state index contributed by atoms with van der Waals surface area (Å²) in [5, 5.41) is 11.8. The van der Waals surface area contributed by atoms with Crippen molar-refractivity contribution in [3.63, 3.8) is 0 Å². The van der Waals surface area contributed by atoms with Crippen molar-refractivity contribution < 1.29 is 14.7 Å². The third-order valence-corrected chi connectivity index (χ3v) is 2.89. The average Bonchev–Trinajstić information content (AvgIpc) is 2.29. The van der Waals surface area contributed by atoms with Crippen molar-refractivity contribution >= 4 is 17.7 Å². The molecule has 2 N–H and O–H groups in total. The number of carbonyl (C=O) groups is 2. The molecule has 2 amide bonds. The lowest BCUT2D eigenvalue weighted by Crippen LogP contribution is -2.51. The van der Waals surface area contributed by atoms with E-state index in [1.54, 1.807) is 18.2 Å². The lowest BCUT2D eigenvalue weighted by Gasteiger charge is -2.34. The molecule has 1 atom stereocenters. The Bertz CT molecular complexity index is 459. The third-order valence-electron chi connectivity index (χ3n) is 2.89. The highest BCUT2D eigenvalue weighted by molar-refractivity contribution is 6.02. The van der Waals surface area contributed by atoms with E-state index in [4.69, 9.17) is 5.11 Å². The van der Waals surface area contributed by atoms with Crippen LogP contribution < -0.4 is 10.2 Å². The van der Waals surface area contributed by atoms with Crippen LogP contribution in [0.2, 0.25) is 0 Å². The van der Waals surface area contributed by atoms with Gasteiger partial charge in [0.05, 0.1) is 11.3 Å². The van der Waals surface area contributed by atoms with Gasteiger partial charge in [0.1, 0.15) is 0 Å². The first-order chi connectivity index (χ1) is 8.11. The Hall–Kier alpha value is -2.04. The van der Waals surface area contributed by atoms with Crippen molar-refractivity contribution in [1.82, 2.24) is 5.32 Å². The maximum atomic E-state index is 11.8. The minimum Gasteiger partial charge on any atom is -0.478 e. The standard InChI is InChI=1S/C12H14N2O3/c1-8-6-7-13-12(17)14(8)10-5-3-2-4-9(10)11(15)16/h2-5,8H,6-7H2,1H3,(H,13,17)(H,15,16). The van der Waals surface area contributed by atoms with Gasteiger partial charge in [-0.05, 0) is 25.5 Å². The molecule has 0 bridgehead atoms. The first-order valence-electron chi connectivity index (χ1n) is 5.50. The maximum absolute atomic E-state index is 11.8. The second-order valence-electron chi connectivity index (χ2n) is 4.06. The molecule has 1 aromatic rings. The molecular weight excluding hydrogens is 220 g/mol. The molecule has 1 aromatic carbocycles. The van der Waals surface area contributed by atoms with E-state index in [1.807, 2.05) is 6.92 Å². The molecule has 0 radical (unpaired) electrons. The van der Waals surface area contributed by atoms with Crippen LogP contribution in [0.4, 0.5) is 10.5 Å². The lowest BCUT2D eigenvalue weighted by molar-refractivity contribution is 0.0697. The second-order valence-corrected chi connectivity index (χ2v) is 4.06. The van der Waals surface area contributed by atoms with Crippen LogP contribution in [0.1, 0.15) is 23.7 Å². The average molecular weight is 234 g/mol. The molecule has 5 nitrogen and oxygen atoms in total. The van der Waals surface area contributed by atoms with Crippen molar-refractivity contribution in [2.45, 2.75) is 19.4 Å². The fraction of sp³-hybridized carbons (Fsp3) is 0.333. The minimum absolute atomic E-state index is 0.00394. The van der Waals surface area contributed by atoms with E-state index in [9.17, 15) is 9.59 Å². The largest absolute Gasteiger partial charge is 0.478 e. The molecule has 2 rings (SSSR count). The summed E-state index contributed by atoms with van der Waals surface area (Å²) in [6.07, 6.45) is 0.805. The monoisotopic (exact) mass is 234 g/mol. The number of hydrogen-bond donors (Lipinski definition) is 2. The number of carbonyl (C=O) groups excluding carboxylic acids is 1. The topological polar surface area (TPSA) is 69.6 Å². The van der Waals surface area contributed by atoms with Gasteiger partial charge in [-0.25, -0.2) is 9.59 Å². The Labute approximate surface area is 99.0 Å². The lowest BCUT2D eigenvalue weighted by atomic mass is 10.1. The zero-order valence-electron chi connectivity index (χ0n) is 9.51. The van der Waals surface area contributed by atoms with Crippen LogP contribution in [0.5, 0.6) is 0 Å². The van der Waals surface area contributed by atoms with Gasteiger partial charge in [-0.1, -0.05) is 12.1 Å². The van der Waals surface area contributed by atoms with Crippen LogP contribution in [0.15, 0.2) is 24.3 Å². The molecule has 0 saturated carbocycles. The number of amides is 2. The maximum Gasteiger partial charge on any atom is 0.337 e. The highest BCUT2D eigenvalue weighted by atomic mass is 16.4. The summed E-state index contributed by atoms with van der Waals surface area (Å²) in [5.74, 6) is -1.02. The van der Waals surface area contributed by atoms with E-state index in [0.717, 1.165) is 6.42 Å². The van der Waals surface area contributed by atoms with Gasteiger partial charge in [0.15, 0.2) is 0 Å². The van der Waals surface area contributed by atoms with E-state index < -0.39 is 5.97 Å². The molecule has 1 heterocycles. The SMILES string of the molecule is CC1CCNC(=O)N1c1ccccc1C(=O)O. The fourth-order valence-corrected chi connectivity index (χ4v) is 2.01. The molecule has 0 aromatic heterocycles. The van der Waals surface area contributed by atoms with Crippen molar-refractivity contribution in [3.8, 4) is 0 Å². The first kappa shape index (κ1) is 11.4. The van der Waals surface area contributed by atoms with E-state index in [-0.39, 0.29) is 17.6 Å². The van der Waals surface area contributed by atoms with Crippen LogP contribution in [0, 0.1) is 0 Å².